The van der Waals surface area contributed by atoms with Crippen molar-refractivity contribution in [2.75, 3.05) is 26.7 Å². The molecule has 0 spiro atoms. The Morgan fingerprint density at radius 2 is 1.52 bits per heavy atom. The summed E-state index contributed by atoms with van der Waals surface area (Å²) in [5.41, 5.74) is 14.5. The van der Waals surface area contributed by atoms with E-state index in [1.54, 1.807) is 0 Å². The smallest absolute Gasteiger partial charge is 0.241 e. The molecule has 0 aliphatic carbocycles. The van der Waals surface area contributed by atoms with Crippen LogP contribution >= 0.6 is 0 Å². The van der Waals surface area contributed by atoms with Gasteiger partial charge in [-0.2, -0.15) is 0 Å². The Hall–Kier alpha value is -2.82. The SMILES string of the molecule is Cc1ccc(C(NCOC(CCCN)NCOC(Cc2ccccc2)NC(=O)C(N)C(C)O)OCNC(C=O)C(C)O)cc1. The summed E-state index contributed by atoms with van der Waals surface area (Å²) in [5, 5.41) is 31.5. The topological polar surface area (TPSA) is 202 Å². The Labute approximate surface area is 260 Å². The number of benzene rings is 2. The van der Waals surface area contributed by atoms with E-state index in [2.05, 4.69) is 21.3 Å². The van der Waals surface area contributed by atoms with Crippen molar-refractivity contribution < 1.29 is 34.0 Å². The van der Waals surface area contributed by atoms with Gasteiger partial charge in [-0.3, -0.25) is 20.7 Å². The number of hydrogen-bond acceptors (Lipinski definition) is 12. The fraction of sp³-hybridized carbons (Fsp3) is 0.548. The van der Waals surface area contributed by atoms with Crippen molar-refractivity contribution in [1.29, 1.82) is 0 Å². The molecule has 0 radical (unpaired) electrons. The van der Waals surface area contributed by atoms with Crippen LogP contribution in [0.15, 0.2) is 54.6 Å². The standard InChI is InChI=1S/C31H50N6O7/c1-21-11-13-25(14-12-21)31(44-18-34-26(17-38)22(2)39)36-20-42-27(10-7-15-32)35-19-43-28(16-24-8-5-4-6-9-24)37-30(41)29(33)23(3)40/h4-6,8-9,11-14,17,22-23,26-29,31,34-36,39-40H,7,10,15-16,18-20,32-33H2,1-3H3,(H,37,41). The Kier molecular flexibility index (Phi) is 17.8. The zero-order valence-corrected chi connectivity index (χ0v) is 25.9. The van der Waals surface area contributed by atoms with Crippen LogP contribution in [0.5, 0.6) is 0 Å². The summed E-state index contributed by atoms with van der Waals surface area (Å²) < 4.78 is 18.0. The Morgan fingerprint density at radius 3 is 2.14 bits per heavy atom. The van der Waals surface area contributed by atoms with Gasteiger partial charge in [0.1, 0.15) is 44.5 Å². The maximum atomic E-state index is 12.5. The molecule has 10 N–H and O–H groups in total. The second kappa shape index (κ2) is 21.0. The number of aliphatic hydroxyl groups is 2. The average Bonchev–Trinajstić information content (AvgIpc) is 3.00. The first-order valence-corrected chi connectivity index (χ1v) is 14.9. The molecule has 0 aromatic heterocycles. The Balaban J connectivity index is 1.98. The van der Waals surface area contributed by atoms with E-state index < -0.39 is 48.9 Å². The van der Waals surface area contributed by atoms with Crippen molar-refractivity contribution in [1.82, 2.24) is 21.3 Å². The highest BCUT2D eigenvalue weighted by molar-refractivity contribution is 5.82. The van der Waals surface area contributed by atoms with E-state index in [9.17, 15) is 19.8 Å². The van der Waals surface area contributed by atoms with E-state index in [1.807, 2.05) is 61.5 Å². The Bertz CT molecular complexity index is 1060. The molecule has 7 atom stereocenters. The van der Waals surface area contributed by atoms with Gasteiger partial charge in [-0.15, -0.1) is 0 Å². The van der Waals surface area contributed by atoms with Crippen LogP contribution in [0.4, 0.5) is 0 Å². The van der Waals surface area contributed by atoms with Crippen molar-refractivity contribution in [3.05, 3.63) is 71.3 Å². The van der Waals surface area contributed by atoms with Crippen LogP contribution in [0, 0.1) is 6.92 Å². The number of aliphatic hydroxyl groups excluding tert-OH is 2. The number of carbonyl (C=O) groups is 2. The van der Waals surface area contributed by atoms with E-state index >= 15 is 0 Å². The molecule has 0 heterocycles. The first-order valence-electron chi connectivity index (χ1n) is 14.9. The van der Waals surface area contributed by atoms with E-state index in [0.717, 1.165) is 16.7 Å². The molecule has 1 amide bonds. The minimum absolute atomic E-state index is 0.00970. The van der Waals surface area contributed by atoms with Crippen LogP contribution < -0.4 is 32.7 Å². The van der Waals surface area contributed by atoms with Gasteiger partial charge in [-0.05, 0) is 51.3 Å². The first kappa shape index (κ1) is 37.4. The second-order valence-corrected chi connectivity index (χ2v) is 10.6. The van der Waals surface area contributed by atoms with Crippen molar-refractivity contribution in [2.24, 2.45) is 11.5 Å². The third kappa shape index (κ3) is 14.3. The predicted octanol–water partition coefficient (Wildman–Crippen LogP) is 0.0911. The molecule has 0 aliphatic rings. The third-order valence-electron chi connectivity index (χ3n) is 6.82. The summed E-state index contributed by atoms with van der Waals surface area (Å²) in [5.74, 6) is -0.523. The number of carbonyl (C=O) groups excluding carboxylic acids is 2. The molecule has 0 aliphatic heterocycles. The summed E-state index contributed by atoms with van der Waals surface area (Å²) >= 11 is 0. The van der Waals surface area contributed by atoms with Crippen LogP contribution in [0.2, 0.25) is 0 Å². The largest absolute Gasteiger partial charge is 0.391 e. The normalized spacial score (nSPS) is 16.3. The van der Waals surface area contributed by atoms with Crippen molar-refractivity contribution in [3.63, 3.8) is 0 Å². The van der Waals surface area contributed by atoms with E-state index in [4.69, 9.17) is 25.7 Å². The van der Waals surface area contributed by atoms with Crippen LogP contribution in [-0.2, 0) is 30.2 Å². The maximum Gasteiger partial charge on any atom is 0.241 e. The lowest BCUT2D eigenvalue weighted by atomic mass is 10.1. The summed E-state index contributed by atoms with van der Waals surface area (Å²) in [6.45, 7) is 5.59. The molecule has 44 heavy (non-hydrogen) atoms. The molecule has 0 saturated heterocycles. The van der Waals surface area contributed by atoms with Gasteiger partial charge in [-0.25, -0.2) is 0 Å². The van der Waals surface area contributed by atoms with Gasteiger partial charge in [0, 0.05) is 6.42 Å². The molecule has 2 rings (SSSR count). The summed E-state index contributed by atoms with van der Waals surface area (Å²) in [7, 11) is 0. The lowest BCUT2D eigenvalue weighted by Gasteiger charge is -2.26. The molecule has 2 aromatic carbocycles. The first-order chi connectivity index (χ1) is 21.1. The fourth-order valence-electron chi connectivity index (χ4n) is 4.04. The van der Waals surface area contributed by atoms with Gasteiger partial charge in [0.2, 0.25) is 5.91 Å². The number of aryl methyl sites for hydroxylation is 1. The van der Waals surface area contributed by atoms with Gasteiger partial charge in [0.25, 0.3) is 0 Å². The van der Waals surface area contributed by atoms with E-state index in [1.165, 1.54) is 13.8 Å². The zero-order valence-electron chi connectivity index (χ0n) is 25.9. The van der Waals surface area contributed by atoms with E-state index in [-0.39, 0.29) is 20.2 Å². The molecule has 13 nitrogen and oxygen atoms in total. The average molecular weight is 619 g/mol. The van der Waals surface area contributed by atoms with Gasteiger partial charge >= 0.3 is 0 Å². The second-order valence-electron chi connectivity index (χ2n) is 10.6. The fourth-order valence-corrected chi connectivity index (χ4v) is 4.04. The highest BCUT2D eigenvalue weighted by Crippen LogP contribution is 2.15. The lowest BCUT2D eigenvalue weighted by Crippen LogP contribution is -2.52. The van der Waals surface area contributed by atoms with E-state index in [0.29, 0.717) is 32.1 Å². The Morgan fingerprint density at radius 1 is 0.886 bits per heavy atom. The number of nitrogens with two attached hydrogens (primary N) is 2. The third-order valence-corrected chi connectivity index (χ3v) is 6.82. The minimum Gasteiger partial charge on any atom is -0.391 e. The number of nitrogens with one attached hydrogen (secondary N) is 4. The van der Waals surface area contributed by atoms with Crippen molar-refractivity contribution in [3.8, 4) is 0 Å². The van der Waals surface area contributed by atoms with Gasteiger partial charge in [0.05, 0.1) is 25.0 Å². The molecule has 2 aromatic rings. The molecular weight excluding hydrogens is 568 g/mol. The molecule has 246 valence electrons. The van der Waals surface area contributed by atoms with Gasteiger partial charge in [0.15, 0.2) is 0 Å². The van der Waals surface area contributed by atoms with Gasteiger partial charge < -0.3 is 46.0 Å². The predicted molar refractivity (Wildman–Crippen MR) is 167 cm³/mol. The van der Waals surface area contributed by atoms with Crippen LogP contribution in [0.25, 0.3) is 0 Å². The molecule has 7 unspecified atom stereocenters. The number of amides is 1. The monoisotopic (exact) mass is 618 g/mol. The number of hydrogen-bond donors (Lipinski definition) is 8. The molecule has 0 bridgehead atoms. The van der Waals surface area contributed by atoms with Gasteiger partial charge in [-0.1, -0.05) is 60.2 Å². The van der Waals surface area contributed by atoms with Crippen LogP contribution in [0.3, 0.4) is 0 Å². The summed E-state index contributed by atoms with van der Waals surface area (Å²) in [6, 6.07) is 15.5. The molecule has 0 fully saturated rings. The van der Waals surface area contributed by atoms with Crippen LogP contribution in [0.1, 0.15) is 49.6 Å². The number of rotatable bonds is 23. The summed E-state index contributed by atoms with van der Waals surface area (Å²) in [6.07, 6.45) is -1.28. The quantitative estimate of drug-likeness (QED) is 0.0617. The zero-order chi connectivity index (χ0) is 32.3. The minimum atomic E-state index is -1.09. The van der Waals surface area contributed by atoms with Crippen molar-refractivity contribution >= 4 is 12.2 Å². The molecule has 13 heteroatoms. The van der Waals surface area contributed by atoms with Crippen LogP contribution in [-0.4, -0.2) is 85.9 Å². The summed E-state index contributed by atoms with van der Waals surface area (Å²) in [4.78, 5) is 23.8. The highest BCUT2D eigenvalue weighted by atomic mass is 16.5. The van der Waals surface area contributed by atoms with Crippen molar-refractivity contribution in [2.45, 2.75) is 83.0 Å². The molecular formula is C31H50N6O7. The number of ether oxygens (including phenoxy) is 3. The maximum absolute atomic E-state index is 12.5. The highest BCUT2D eigenvalue weighted by Gasteiger charge is 2.23. The number of aldehydes is 1. The molecule has 0 saturated carbocycles. The lowest BCUT2D eigenvalue weighted by molar-refractivity contribution is -0.129.